The van der Waals surface area contributed by atoms with Crippen molar-refractivity contribution in [2.45, 2.75) is 145 Å². The zero-order valence-corrected chi connectivity index (χ0v) is 58.6. The van der Waals surface area contributed by atoms with Crippen LogP contribution in [0.15, 0.2) is 114 Å². The van der Waals surface area contributed by atoms with Crippen LogP contribution in [0.5, 0.6) is 17.2 Å². The minimum Gasteiger partial charge on any atom is -0.507 e. The van der Waals surface area contributed by atoms with E-state index >= 15 is 0 Å². The summed E-state index contributed by atoms with van der Waals surface area (Å²) in [6, 6.07) is 36.3. The number of hydrogen-bond donors (Lipinski definition) is 8. The summed E-state index contributed by atoms with van der Waals surface area (Å²) in [5, 5.41) is 40.3. The van der Waals surface area contributed by atoms with E-state index < -0.39 is 0 Å². The highest BCUT2D eigenvalue weighted by atomic mass is 32.1. The van der Waals surface area contributed by atoms with Crippen LogP contribution >= 0.6 is 24.4 Å². The number of nitrogen functional groups attached to an aromatic ring is 3. The standard InChI is InChI=1S/C29H38N6OS.C24H25N5OS.C23H27N5O/c1-5-6-11-24-33-26-27(22-9-7-8-10-23(22)32-29(26)30)35(24)18-20-16-19(2)28(36)21(17-20)12-13-25(37)31-14-15-34(3)4;1-3-4-9-20-28-21-22(18-7-5-6-8-19(18)27-24(21)25)29(20)13-16-10-15(2)23(30)17(11-16)12-26-14-31;1-3-4-9-19-27-20-21(17-7-5-6-8-18(17)26-23(20)25)28(19)13-15-10-14(2)22(29)16(11-15)12-24/h7-10,16-17,36H,5-6,11-15,18H2,1-4H3,(H2,30,32)(H,31,37);5-8,10-11,30H,3-4,9,12-13H2,1-2H3,(H2,25,27);5-8,10-11,29H,3-4,9,12-13,24H2,1-2H3,(H2,25,26). The van der Waals surface area contributed by atoms with Crippen LogP contribution in [-0.2, 0) is 58.4 Å². The summed E-state index contributed by atoms with van der Waals surface area (Å²) >= 11 is 10.2. The predicted molar refractivity (Wildman–Crippen MR) is 404 cm³/mol. The normalized spacial score (nSPS) is 11.4. The number of aryl methyl sites for hydroxylation is 7. The van der Waals surface area contributed by atoms with E-state index in [4.69, 9.17) is 62.3 Å². The molecule has 0 unspecified atom stereocenters. The minimum absolute atomic E-state index is 0.248. The van der Waals surface area contributed by atoms with E-state index in [0.29, 0.717) is 68.8 Å². The largest absolute Gasteiger partial charge is 0.507 e. The Morgan fingerprint density at radius 3 is 1.26 bits per heavy atom. The maximum absolute atomic E-state index is 10.8. The summed E-state index contributed by atoms with van der Waals surface area (Å²) in [7, 11) is 4.09. The Hall–Kier alpha value is -9.63. The van der Waals surface area contributed by atoms with Crippen LogP contribution in [0.4, 0.5) is 17.5 Å². The zero-order valence-electron chi connectivity index (χ0n) is 57.0. The number of thiocarbonyl (C=S) groups is 2. The molecule has 0 bridgehead atoms. The van der Waals surface area contributed by atoms with Gasteiger partial charge in [-0.05, 0) is 142 Å². The molecule has 12 aromatic rings. The lowest BCUT2D eigenvalue weighted by Crippen LogP contribution is -2.30. The monoisotopic (exact) mass is 1340 g/mol. The third kappa shape index (κ3) is 15.9. The Balaban J connectivity index is 0.000000159. The molecular formula is C76H90N16O3S2. The molecule has 0 aliphatic heterocycles. The number of aromatic nitrogens is 9. The molecule has 12 rings (SSSR count). The first-order chi connectivity index (χ1) is 46.8. The highest BCUT2D eigenvalue weighted by Crippen LogP contribution is 2.36. The van der Waals surface area contributed by atoms with Crippen molar-refractivity contribution in [2.75, 3.05) is 44.4 Å². The van der Waals surface area contributed by atoms with Gasteiger partial charge in [0.25, 0.3) is 0 Å². The van der Waals surface area contributed by atoms with E-state index in [2.05, 4.69) is 100 Å². The average molecular weight is 1340 g/mol. The second kappa shape index (κ2) is 31.9. The molecule has 21 heteroatoms. The summed E-state index contributed by atoms with van der Waals surface area (Å²) in [6.07, 6.45) is 10.4. The van der Waals surface area contributed by atoms with Crippen molar-refractivity contribution in [3.05, 3.63) is 177 Å². The van der Waals surface area contributed by atoms with Crippen LogP contribution in [0, 0.1) is 20.8 Å². The van der Waals surface area contributed by atoms with Gasteiger partial charge in [0.2, 0.25) is 0 Å². The number of nitrogens with one attached hydrogen (secondary N) is 1. The van der Waals surface area contributed by atoms with Crippen LogP contribution in [0.2, 0.25) is 0 Å². The number of phenolic OH excluding ortho intramolecular Hbond substituents is 3. The number of phenols is 3. The molecule has 504 valence electrons. The van der Waals surface area contributed by atoms with Gasteiger partial charge < -0.3 is 62.2 Å². The van der Waals surface area contributed by atoms with Crippen molar-refractivity contribution in [1.82, 2.24) is 53.8 Å². The fraction of sp³-hybridized carbons (Fsp3) is 0.342. The molecule has 97 heavy (non-hydrogen) atoms. The molecule has 19 nitrogen and oxygen atoms in total. The first-order valence-corrected chi connectivity index (χ1v) is 34.4. The lowest BCUT2D eigenvalue weighted by Gasteiger charge is -2.15. The fourth-order valence-electron chi connectivity index (χ4n) is 12.8. The van der Waals surface area contributed by atoms with Gasteiger partial charge >= 0.3 is 0 Å². The molecule has 0 aliphatic rings. The first kappa shape index (κ1) is 70.2. The number of benzene rings is 6. The second-order valence-electron chi connectivity index (χ2n) is 25.3. The summed E-state index contributed by atoms with van der Waals surface area (Å²) < 4.78 is 6.77. The van der Waals surface area contributed by atoms with Crippen molar-refractivity contribution in [3.63, 3.8) is 0 Å². The zero-order chi connectivity index (χ0) is 69.0. The van der Waals surface area contributed by atoms with E-state index in [1.165, 1.54) is 0 Å². The molecular weight excluding hydrogens is 1250 g/mol. The molecule has 6 heterocycles. The van der Waals surface area contributed by atoms with Crippen LogP contribution in [0.1, 0.15) is 133 Å². The molecule has 6 aromatic heterocycles. The van der Waals surface area contributed by atoms with Gasteiger partial charge in [0.05, 0.1) is 49.8 Å². The molecule has 0 atom stereocenters. The maximum atomic E-state index is 10.8. The number of aromatic hydroxyl groups is 3. The number of para-hydroxylation sites is 3. The highest BCUT2D eigenvalue weighted by molar-refractivity contribution is 7.80. The molecule has 0 saturated carbocycles. The predicted octanol–water partition coefficient (Wildman–Crippen LogP) is 14.2. The van der Waals surface area contributed by atoms with Gasteiger partial charge in [0.15, 0.2) is 17.5 Å². The van der Waals surface area contributed by atoms with Crippen LogP contribution in [-0.4, -0.2) is 101 Å². The van der Waals surface area contributed by atoms with Crippen LogP contribution in [0.25, 0.3) is 65.8 Å². The number of unbranched alkanes of at least 4 members (excludes halogenated alkanes) is 3. The Labute approximate surface area is 577 Å². The molecule has 0 spiro atoms. The number of rotatable bonds is 24. The smallest absolute Gasteiger partial charge is 0.152 e. The lowest BCUT2D eigenvalue weighted by atomic mass is 10.0. The fourth-order valence-corrected chi connectivity index (χ4v) is 13.0. The number of likely N-dealkylation sites (N-methyl/N-ethyl adjacent to an activating group) is 1. The number of fused-ring (bicyclic) bond motifs is 9. The number of hydrogen-bond acceptors (Lipinski definition) is 17. The van der Waals surface area contributed by atoms with Crippen molar-refractivity contribution < 1.29 is 15.3 Å². The van der Waals surface area contributed by atoms with Gasteiger partial charge in [-0.3, -0.25) is 0 Å². The number of nitrogens with two attached hydrogens (primary N) is 4. The Morgan fingerprint density at radius 2 is 0.887 bits per heavy atom. The van der Waals surface area contributed by atoms with Gasteiger partial charge in [0.1, 0.15) is 51.3 Å². The average Bonchev–Trinajstić information content (AvgIpc) is 1.64. The highest BCUT2D eigenvalue weighted by Gasteiger charge is 2.23. The number of nitrogens with zero attached hydrogens (tertiary/aromatic N) is 11. The quantitative estimate of drug-likeness (QED) is 0.0206. The molecule has 6 aromatic carbocycles. The van der Waals surface area contributed by atoms with Crippen molar-refractivity contribution in [1.29, 1.82) is 0 Å². The molecule has 0 saturated heterocycles. The van der Waals surface area contributed by atoms with Crippen LogP contribution < -0.4 is 28.3 Å². The van der Waals surface area contributed by atoms with E-state index in [1.54, 1.807) is 0 Å². The third-order valence-electron chi connectivity index (χ3n) is 17.7. The van der Waals surface area contributed by atoms with Gasteiger partial charge in [-0.1, -0.05) is 131 Å². The van der Waals surface area contributed by atoms with E-state index in [0.717, 1.165) is 209 Å². The Kier molecular flexibility index (Phi) is 23.1. The van der Waals surface area contributed by atoms with Crippen molar-refractivity contribution in [3.8, 4) is 17.2 Å². The summed E-state index contributed by atoms with van der Waals surface area (Å²) in [4.78, 5) is 35.4. The van der Waals surface area contributed by atoms with E-state index in [-0.39, 0.29) is 11.5 Å². The summed E-state index contributed by atoms with van der Waals surface area (Å²) in [5.74, 6) is 5.25. The maximum Gasteiger partial charge on any atom is 0.152 e. The molecule has 0 radical (unpaired) electrons. The van der Waals surface area contributed by atoms with Gasteiger partial charge in [-0.25, -0.2) is 34.9 Å². The van der Waals surface area contributed by atoms with E-state index in [9.17, 15) is 15.3 Å². The van der Waals surface area contributed by atoms with Gasteiger partial charge in [-0.2, -0.15) is 0 Å². The number of anilines is 3. The minimum atomic E-state index is 0.248. The second-order valence-corrected chi connectivity index (χ2v) is 26.0. The molecule has 0 amide bonds. The van der Waals surface area contributed by atoms with Crippen molar-refractivity contribution in [2.24, 2.45) is 10.7 Å². The van der Waals surface area contributed by atoms with Crippen LogP contribution in [0.3, 0.4) is 0 Å². The summed E-state index contributed by atoms with van der Waals surface area (Å²) in [6.45, 7) is 16.5. The summed E-state index contributed by atoms with van der Waals surface area (Å²) in [5.41, 5.74) is 40.8. The topological polar surface area (TPSA) is 285 Å². The molecule has 12 N–H and O–H groups in total. The first-order valence-electron chi connectivity index (χ1n) is 33.5. The van der Waals surface area contributed by atoms with Gasteiger partial charge in [0, 0.05) is 92.2 Å². The molecule has 0 fully saturated rings. The molecule has 0 aliphatic carbocycles. The number of imidazole rings is 3. The number of aliphatic imine (C=N–C) groups is 1. The number of pyridine rings is 3. The van der Waals surface area contributed by atoms with Gasteiger partial charge in [-0.15, -0.1) is 0 Å². The van der Waals surface area contributed by atoms with Crippen molar-refractivity contribution >= 4 is 118 Å². The number of isothiocyanates is 1. The SMILES string of the molecule is CCCCc1nc2c(N)nc3ccccc3c2n1Cc1cc(C)c(O)c(CCC(=S)NCCN(C)C)c1.CCCCc1nc2c(N)nc3ccccc3c2n1Cc1cc(C)c(O)c(CN)c1.CCCCc1nc2c(N)nc3ccccc3c2n1Cc1cc(C)c(O)c(CN=C=S)c1. The Bertz CT molecular complexity index is 4890. The third-order valence-corrected chi connectivity index (χ3v) is 18.2. The lowest BCUT2D eigenvalue weighted by molar-refractivity contribution is 0.412. The Morgan fingerprint density at radius 1 is 0.526 bits per heavy atom. The van der Waals surface area contributed by atoms with E-state index in [1.807, 2.05) is 114 Å².